The molecule has 0 aliphatic heterocycles. The lowest BCUT2D eigenvalue weighted by Gasteiger charge is -2.35. The van der Waals surface area contributed by atoms with Gasteiger partial charge < -0.3 is 9.84 Å². The van der Waals surface area contributed by atoms with E-state index >= 15 is 0 Å². The number of rotatable bonds is 4. The van der Waals surface area contributed by atoms with E-state index in [4.69, 9.17) is 11.2 Å². The number of aliphatic carboxylic acids is 1. The molecule has 0 radical (unpaired) electrons. The van der Waals surface area contributed by atoms with E-state index < -0.39 is 11.5 Å². The fourth-order valence-corrected chi connectivity index (χ4v) is 2.53. The fraction of sp³-hybridized carbons (Fsp3) is 0.400. The molecule has 1 aliphatic carbocycles. The molecule has 2 N–H and O–H groups in total. The predicted octanol–water partition coefficient (Wildman–Crippen LogP) is 1.23. The van der Waals surface area contributed by atoms with E-state index in [1.54, 1.807) is 7.11 Å². The topological polar surface area (TPSA) is 58.6 Å². The zero-order chi connectivity index (χ0) is 13.9. The van der Waals surface area contributed by atoms with Gasteiger partial charge in [-0.15, -0.1) is 6.42 Å². The number of aryl methyl sites for hydroxylation is 1. The molecule has 4 nitrogen and oxygen atoms in total. The molecule has 4 heteroatoms. The predicted molar refractivity (Wildman–Crippen MR) is 72.2 cm³/mol. The first-order valence-corrected chi connectivity index (χ1v) is 6.19. The van der Waals surface area contributed by atoms with E-state index in [2.05, 4.69) is 11.2 Å². The van der Waals surface area contributed by atoms with E-state index in [9.17, 15) is 9.90 Å². The number of carbonyl (C=O) groups is 1. The Bertz CT molecular complexity index is 533. The van der Waals surface area contributed by atoms with Crippen LogP contribution >= 0.6 is 0 Å². The van der Waals surface area contributed by atoms with Gasteiger partial charge in [-0.05, 0) is 36.1 Å². The van der Waals surface area contributed by atoms with Gasteiger partial charge in [0.05, 0.1) is 13.7 Å². The molecule has 0 saturated heterocycles. The first-order chi connectivity index (χ1) is 9.11. The van der Waals surface area contributed by atoms with Crippen LogP contribution in [-0.2, 0) is 17.6 Å². The number of hydrogen-bond acceptors (Lipinski definition) is 3. The van der Waals surface area contributed by atoms with Crippen molar-refractivity contribution in [3.05, 3.63) is 29.3 Å². The summed E-state index contributed by atoms with van der Waals surface area (Å²) in [5, 5.41) is 12.5. The van der Waals surface area contributed by atoms with Crippen LogP contribution in [0.1, 0.15) is 17.5 Å². The molecule has 1 aromatic rings. The monoisotopic (exact) mass is 259 g/mol. The first-order valence-electron chi connectivity index (χ1n) is 6.19. The van der Waals surface area contributed by atoms with Crippen molar-refractivity contribution in [3.8, 4) is 18.1 Å². The van der Waals surface area contributed by atoms with Gasteiger partial charge in [0.15, 0.2) is 0 Å². The van der Waals surface area contributed by atoms with E-state index in [1.807, 2.05) is 18.2 Å². The number of nitrogens with one attached hydrogen (secondary N) is 1. The highest BCUT2D eigenvalue weighted by Crippen LogP contribution is 2.31. The van der Waals surface area contributed by atoms with E-state index in [-0.39, 0.29) is 6.54 Å². The molecule has 1 atom stereocenters. The summed E-state index contributed by atoms with van der Waals surface area (Å²) in [4.78, 5) is 11.6. The molecule has 2 rings (SSSR count). The van der Waals surface area contributed by atoms with Gasteiger partial charge >= 0.3 is 5.97 Å². The van der Waals surface area contributed by atoms with E-state index in [0.29, 0.717) is 12.8 Å². The molecule has 0 saturated carbocycles. The summed E-state index contributed by atoms with van der Waals surface area (Å²) in [6.45, 7) is 0.256. The van der Waals surface area contributed by atoms with Crippen LogP contribution in [0.25, 0.3) is 0 Å². The Kier molecular flexibility index (Phi) is 3.77. The van der Waals surface area contributed by atoms with Crippen molar-refractivity contribution in [1.82, 2.24) is 5.32 Å². The minimum absolute atomic E-state index is 0.256. The maximum Gasteiger partial charge on any atom is 0.324 e. The molecule has 19 heavy (non-hydrogen) atoms. The SMILES string of the molecule is C#CCNC1(C(=O)O)CCc2ccc(OC)cc2C1. The van der Waals surface area contributed by atoms with E-state index in [0.717, 1.165) is 17.7 Å². The minimum Gasteiger partial charge on any atom is -0.497 e. The van der Waals surface area contributed by atoms with Crippen molar-refractivity contribution in [3.63, 3.8) is 0 Å². The molecule has 0 heterocycles. The summed E-state index contributed by atoms with van der Waals surface area (Å²) in [6, 6.07) is 5.81. The number of carboxylic acids is 1. The van der Waals surface area contributed by atoms with Crippen molar-refractivity contribution in [2.24, 2.45) is 0 Å². The quantitative estimate of drug-likeness (QED) is 0.799. The smallest absolute Gasteiger partial charge is 0.324 e. The average molecular weight is 259 g/mol. The van der Waals surface area contributed by atoms with Gasteiger partial charge in [0.25, 0.3) is 0 Å². The molecule has 0 bridgehead atoms. The Morgan fingerprint density at radius 1 is 1.58 bits per heavy atom. The Balaban J connectivity index is 2.31. The number of terminal acetylenes is 1. The van der Waals surface area contributed by atoms with Crippen LogP contribution in [-0.4, -0.2) is 30.3 Å². The van der Waals surface area contributed by atoms with Gasteiger partial charge in [-0.2, -0.15) is 0 Å². The van der Waals surface area contributed by atoms with Crippen LogP contribution in [0, 0.1) is 12.3 Å². The zero-order valence-corrected chi connectivity index (χ0v) is 10.9. The summed E-state index contributed by atoms with van der Waals surface area (Å²) in [5.41, 5.74) is 1.23. The third kappa shape index (κ3) is 2.56. The minimum atomic E-state index is -0.967. The highest BCUT2D eigenvalue weighted by molar-refractivity contribution is 5.80. The average Bonchev–Trinajstić information content (AvgIpc) is 2.43. The molecule has 0 aromatic heterocycles. The van der Waals surface area contributed by atoms with Crippen LogP contribution in [0.4, 0.5) is 0 Å². The molecular weight excluding hydrogens is 242 g/mol. The van der Waals surface area contributed by atoms with Crippen molar-refractivity contribution >= 4 is 5.97 Å². The van der Waals surface area contributed by atoms with Crippen molar-refractivity contribution in [2.45, 2.75) is 24.8 Å². The highest BCUT2D eigenvalue weighted by atomic mass is 16.5. The summed E-state index contributed by atoms with van der Waals surface area (Å²) in [5.74, 6) is 2.34. The number of fused-ring (bicyclic) bond motifs is 1. The summed E-state index contributed by atoms with van der Waals surface area (Å²) < 4.78 is 5.19. The lowest BCUT2D eigenvalue weighted by Crippen LogP contribution is -2.55. The van der Waals surface area contributed by atoms with Crippen LogP contribution < -0.4 is 10.1 Å². The van der Waals surface area contributed by atoms with Crippen molar-refractivity contribution in [2.75, 3.05) is 13.7 Å². The van der Waals surface area contributed by atoms with Crippen molar-refractivity contribution in [1.29, 1.82) is 0 Å². The molecular formula is C15H17NO3. The summed E-state index contributed by atoms with van der Waals surface area (Å²) >= 11 is 0. The van der Waals surface area contributed by atoms with Crippen LogP contribution in [0.2, 0.25) is 0 Å². The Hall–Kier alpha value is -1.99. The zero-order valence-electron chi connectivity index (χ0n) is 10.9. The number of benzene rings is 1. The summed E-state index contributed by atoms with van der Waals surface area (Å²) in [7, 11) is 1.60. The molecule has 1 aromatic carbocycles. The third-order valence-corrected chi connectivity index (χ3v) is 3.66. The van der Waals surface area contributed by atoms with Gasteiger partial charge in [0.1, 0.15) is 11.3 Å². The first kappa shape index (κ1) is 13.4. The van der Waals surface area contributed by atoms with E-state index in [1.165, 1.54) is 5.56 Å². The second kappa shape index (κ2) is 5.33. The largest absolute Gasteiger partial charge is 0.497 e. The van der Waals surface area contributed by atoms with Crippen molar-refractivity contribution < 1.29 is 14.6 Å². The Morgan fingerprint density at radius 2 is 2.37 bits per heavy atom. The second-order valence-electron chi connectivity index (χ2n) is 4.76. The van der Waals surface area contributed by atoms with Crippen LogP contribution in [0.15, 0.2) is 18.2 Å². The molecule has 0 spiro atoms. The lowest BCUT2D eigenvalue weighted by molar-refractivity contribution is -0.145. The molecule has 1 unspecified atom stereocenters. The number of ether oxygens (including phenoxy) is 1. The Labute approximate surface area is 112 Å². The maximum absolute atomic E-state index is 11.6. The van der Waals surface area contributed by atoms with Gasteiger partial charge in [0, 0.05) is 6.42 Å². The van der Waals surface area contributed by atoms with Gasteiger partial charge in [-0.25, -0.2) is 0 Å². The van der Waals surface area contributed by atoms with Gasteiger partial charge in [-0.1, -0.05) is 12.0 Å². The van der Waals surface area contributed by atoms with Gasteiger partial charge in [-0.3, -0.25) is 10.1 Å². The lowest BCUT2D eigenvalue weighted by atomic mass is 9.78. The Morgan fingerprint density at radius 3 is 3.00 bits per heavy atom. The molecule has 100 valence electrons. The number of hydrogen-bond donors (Lipinski definition) is 2. The maximum atomic E-state index is 11.6. The number of carboxylic acid groups (broad SMARTS) is 1. The number of methoxy groups -OCH3 is 1. The van der Waals surface area contributed by atoms with Gasteiger partial charge in [0.2, 0.25) is 0 Å². The van der Waals surface area contributed by atoms with Crippen LogP contribution in [0.5, 0.6) is 5.75 Å². The molecule has 0 amide bonds. The third-order valence-electron chi connectivity index (χ3n) is 3.66. The normalized spacial score (nSPS) is 21.3. The summed E-state index contributed by atoms with van der Waals surface area (Å²) in [6.07, 6.45) is 6.92. The standard InChI is InChI=1S/C15H17NO3/c1-3-8-16-15(14(17)18)7-6-11-4-5-13(19-2)9-12(11)10-15/h1,4-5,9,16H,6-8,10H2,2H3,(H,17,18). The highest BCUT2D eigenvalue weighted by Gasteiger charge is 2.40. The molecule has 0 fully saturated rings. The molecule has 1 aliphatic rings. The van der Waals surface area contributed by atoms with Crippen LogP contribution in [0.3, 0.4) is 0 Å². The second-order valence-corrected chi connectivity index (χ2v) is 4.76. The fourth-order valence-electron chi connectivity index (χ4n) is 2.53.